The van der Waals surface area contributed by atoms with Crippen molar-refractivity contribution in [3.8, 4) is 0 Å². The number of aromatic carboxylic acids is 1. The molecule has 0 spiro atoms. The molecular formula is C12H17NO2S. The summed E-state index contributed by atoms with van der Waals surface area (Å²) in [4.78, 5) is 12.2. The molecule has 0 bridgehead atoms. The summed E-state index contributed by atoms with van der Waals surface area (Å²) in [6.07, 6.45) is 5.45. The molecule has 0 amide bonds. The van der Waals surface area contributed by atoms with Gasteiger partial charge < -0.3 is 10.4 Å². The van der Waals surface area contributed by atoms with Crippen molar-refractivity contribution in [1.29, 1.82) is 0 Å². The van der Waals surface area contributed by atoms with Gasteiger partial charge in [0.05, 0.1) is 0 Å². The Morgan fingerprint density at radius 1 is 1.50 bits per heavy atom. The molecule has 2 N–H and O–H groups in total. The highest BCUT2D eigenvalue weighted by atomic mass is 32.1. The summed E-state index contributed by atoms with van der Waals surface area (Å²) in [5, 5.41) is 12.1. The predicted octanol–water partition coefficient (Wildman–Crippen LogP) is 2.73. The second-order valence-corrected chi connectivity index (χ2v) is 5.50. The Morgan fingerprint density at radius 3 is 2.88 bits per heavy atom. The molecule has 0 unspecified atom stereocenters. The normalized spacial score (nSPS) is 16.0. The molecule has 0 atom stereocenters. The summed E-state index contributed by atoms with van der Waals surface area (Å²) in [6.45, 7) is 1.84. The average molecular weight is 239 g/mol. The first-order valence-electron chi connectivity index (χ1n) is 5.78. The van der Waals surface area contributed by atoms with E-state index >= 15 is 0 Å². The summed E-state index contributed by atoms with van der Waals surface area (Å²) < 4.78 is 0. The lowest BCUT2D eigenvalue weighted by Crippen LogP contribution is -2.20. The van der Waals surface area contributed by atoms with Crippen LogP contribution < -0.4 is 5.32 Å². The molecule has 0 aromatic carbocycles. The van der Waals surface area contributed by atoms with E-state index in [0.717, 1.165) is 23.9 Å². The van der Waals surface area contributed by atoms with Crippen molar-refractivity contribution in [1.82, 2.24) is 5.32 Å². The van der Waals surface area contributed by atoms with Crippen molar-refractivity contribution in [2.45, 2.75) is 32.2 Å². The SMILES string of the molecule is O=C(O)c1ccc(CNCCC2CCC2)s1. The van der Waals surface area contributed by atoms with Gasteiger partial charge in [-0.3, -0.25) is 0 Å². The second-order valence-electron chi connectivity index (χ2n) is 4.33. The van der Waals surface area contributed by atoms with Crippen LogP contribution in [-0.4, -0.2) is 17.6 Å². The first-order valence-corrected chi connectivity index (χ1v) is 6.60. The van der Waals surface area contributed by atoms with Gasteiger partial charge >= 0.3 is 5.97 Å². The third-order valence-corrected chi connectivity index (χ3v) is 4.20. The molecule has 1 aromatic rings. The second kappa shape index (κ2) is 5.46. The van der Waals surface area contributed by atoms with Crippen LogP contribution in [-0.2, 0) is 6.54 Å². The highest BCUT2D eigenvalue weighted by molar-refractivity contribution is 7.13. The zero-order chi connectivity index (χ0) is 11.4. The highest BCUT2D eigenvalue weighted by Gasteiger charge is 2.16. The maximum absolute atomic E-state index is 10.7. The number of hydrogen-bond acceptors (Lipinski definition) is 3. The molecule has 2 rings (SSSR count). The van der Waals surface area contributed by atoms with Crippen molar-refractivity contribution in [3.05, 3.63) is 21.9 Å². The van der Waals surface area contributed by atoms with Gasteiger partial charge in [0.1, 0.15) is 4.88 Å². The van der Waals surface area contributed by atoms with E-state index in [-0.39, 0.29) is 0 Å². The van der Waals surface area contributed by atoms with Crippen molar-refractivity contribution in [2.24, 2.45) is 5.92 Å². The number of carbonyl (C=O) groups is 1. The minimum absolute atomic E-state index is 0.427. The molecule has 0 saturated heterocycles. The zero-order valence-corrected chi connectivity index (χ0v) is 10.1. The van der Waals surface area contributed by atoms with Crippen LogP contribution in [0.3, 0.4) is 0 Å². The number of carboxylic acids is 1. The fraction of sp³-hybridized carbons (Fsp3) is 0.583. The van der Waals surface area contributed by atoms with Gasteiger partial charge in [-0.1, -0.05) is 19.3 Å². The van der Waals surface area contributed by atoms with Crippen LogP contribution in [0.1, 0.15) is 40.2 Å². The molecule has 3 nitrogen and oxygen atoms in total. The molecule has 1 heterocycles. The Kier molecular flexibility index (Phi) is 3.96. The predicted molar refractivity (Wildman–Crippen MR) is 64.9 cm³/mol. The van der Waals surface area contributed by atoms with Crippen molar-refractivity contribution < 1.29 is 9.90 Å². The number of carboxylic acid groups (broad SMARTS) is 1. The fourth-order valence-corrected chi connectivity index (χ4v) is 2.70. The van der Waals surface area contributed by atoms with Gasteiger partial charge in [0.15, 0.2) is 0 Å². The average Bonchev–Trinajstić information content (AvgIpc) is 2.63. The van der Waals surface area contributed by atoms with Gasteiger partial charge in [0.25, 0.3) is 0 Å². The largest absolute Gasteiger partial charge is 0.477 e. The minimum Gasteiger partial charge on any atom is -0.477 e. The Bertz CT molecular complexity index is 358. The summed E-state index contributed by atoms with van der Waals surface area (Å²) in [5.74, 6) is 0.108. The number of thiophene rings is 1. The van der Waals surface area contributed by atoms with E-state index in [0.29, 0.717) is 4.88 Å². The van der Waals surface area contributed by atoms with Crippen LogP contribution in [0.25, 0.3) is 0 Å². The monoisotopic (exact) mass is 239 g/mol. The lowest BCUT2D eigenvalue weighted by atomic mass is 9.83. The van der Waals surface area contributed by atoms with Crippen molar-refractivity contribution in [2.75, 3.05) is 6.54 Å². The first-order chi connectivity index (χ1) is 7.75. The molecule has 1 aliphatic rings. The molecule has 88 valence electrons. The van der Waals surface area contributed by atoms with Crippen LogP contribution >= 0.6 is 11.3 Å². The van der Waals surface area contributed by atoms with Crippen LogP contribution in [0.15, 0.2) is 12.1 Å². The maximum atomic E-state index is 10.7. The summed E-state index contributed by atoms with van der Waals surface area (Å²) >= 11 is 1.36. The lowest BCUT2D eigenvalue weighted by molar-refractivity contribution is 0.0702. The van der Waals surface area contributed by atoms with Crippen LogP contribution in [0.4, 0.5) is 0 Å². The lowest BCUT2D eigenvalue weighted by Gasteiger charge is -2.25. The van der Waals surface area contributed by atoms with Gasteiger partial charge in [-0.25, -0.2) is 4.79 Å². The molecule has 4 heteroatoms. The fourth-order valence-electron chi connectivity index (χ4n) is 1.89. The number of hydrogen-bond donors (Lipinski definition) is 2. The minimum atomic E-state index is -0.828. The smallest absolute Gasteiger partial charge is 0.345 e. The Balaban J connectivity index is 1.66. The summed E-state index contributed by atoms with van der Waals surface area (Å²) in [6, 6.07) is 3.57. The van der Waals surface area contributed by atoms with E-state index in [1.54, 1.807) is 6.07 Å². The van der Waals surface area contributed by atoms with Crippen LogP contribution in [0.5, 0.6) is 0 Å². The number of nitrogens with one attached hydrogen (secondary N) is 1. The molecule has 0 aliphatic heterocycles. The van der Waals surface area contributed by atoms with Crippen molar-refractivity contribution in [3.63, 3.8) is 0 Å². The van der Waals surface area contributed by atoms with Gasteiger partial charge in [0.2, 0.25) is 0 Å². The standard InChI is InChI=1S/C12H17NO2S/c14-12(15)11-5-4-10(16-11)8-13-7-6-9-2-1-3-9/h4-5,9,13H,1-3,6-8H2,(H,14,15). The quantitative estimate of drug-likeness (QED) is 0.750. The van der Waals surface area contributed by atoms with Crippen molar-refractivity contribution >= 4 is 17.3 Å². The van der Waals surface area contributed by atoms with Crippen LogP contribution in [0.2, 0.25) is 0 Å². The van der Waals surface area contributed by atoms with E-state index in [2.05, 4.69) is 5.32 Å². The van der Waals surface area contributed by atoms with E-state index in [9.17, 15) is 4.79 Å². The molecule has 1 aromatic heterocycles. The van der Waals surface area contributed by atoms with Gasteiger partial charge in [-0.2, -0.15) is 0 Å². The van der Waals surface area contributed by atoms with E-state index < -0.39 is 5.97 Å². The zero-order valence-electron chi connectivity index (χ0n) is 9.24. The molecule has 16 heavy (non-hydrogen) atoms. The summed E-state index contributed by atoms with van der Waals surface area (Å²) in [7, 11) is 0. The van der Waals surface area contributed by atoms with Gasteiger partial charge in [0, 0.05) is 11.4 Å². The molecule has 0 radical (unpaired) electrons. The molecule has 1 aliphatic carbocycles. The van der Waals surface area contributed by atoms with Crippen LogP contribution in [0, 0.1) is 5.92 Å². The number of rotatable bonds is 6. The summed E-state index contributed by atoms with van der Waals surface area (Å²) in [5.41, 5.74) is 0. The van der Waals surface area contributed by atoms with Gasteiger partial charge in [-0.05, 0) is 31.0 Å². The molecule has 1 saturated carbocycles. The highest BCUT2D eigenvalue weighted by Crippen LogP contribution is 2.28. The van der Waals surface area contributed by atoms with Gasteiger partial charge in [-0.15, -0.1) is 11.3 Å². The Hall–Kier alpha value is -0.870. The third kappa shape index (κ3) is 3.06. The van der Waals surface area contributed by atoms with E-state index in [1.807, 2.05) is 6.07 Å². The van der Waals surface area contributed by atoms with E-state index in [1.165, 1.54) is 37.0 Å². The Morgan fingerprint density at radius 2 is 2.31 bits per heavy atom. The topological polar surface area (TPSA) is 49.3 Å². The molecular weight excluding hydrogens is 222 g/mol. The van der Waals surface area contributed by atoms with E-state index in [4.69, 9.17) is 5.11 Å². The maximum Gasteiger partial charge on any atom is 0.345 e. The third-order valence-electron chi connectivity index (χ3n) is 3.13. The Labute approximate surface area is 99.5 Å². The molecule has 1 fully saturated rings. The first kappa shape index (κ1) is 11.6.